The molecule has 8 heteroatoms. The number of halogens is 1. The molecule has 0 spiro atoms. The first-order valence-electron chi connectivity index (χ1n) is 9.05. The van der Waals surface area contributed by atoms with Gasteiger partial charge in [-0.2, -0.15) is 15.2 Å². The van der Waals surface area contributed by atoms with E-state index >= 15 is 0 Å². The summed E-state index contributed by atoms with van der Waals surface area (Å²) in [5.41, 5.74) is 4.38. The normalized spacial score (nSPS) is 11.6. The first-order chi connectivity index (χ1) is 13.8. The lowest BCUT2D eigenvalue weighted by molar-refractivity contribution is 0.306. The minimum atomic E-state index is -0.543. The fourth-order valence-electron chi connectivity index (χ4n) is 2.55. The van der Waals surface area contributed by atoms with Crippen molar-refractivity contribution in [3.8, 4) is 5.75 Å². The molecule has 0 atom stereocenters. The second-order valence-electron chi connectivity index (χ2n) is 7.42. The van der Waals surface area contributed by atoms with Crippen LogP contribution in [0.2, 0.25) is 5.02 Å². The van der Waals surface area contributed by atoms with Gasteiger partial charge in [-0.05, 0) is 29.3 Å². The van der Waals surface area contributed by atoms with Gasteiger partial charge in [-0.3, -0.25) is 5.43 Å². The van der Waals surface area contributed by atoms with E-state index in [0.29, 0.717) is 28.9 Å². The van der Waals surface area contributed by atoms with Crippen LogP contribution in [0.3, 0.4) is 0 Å². The molecule has 3 rings (SSSR count). The Labute approximate surface area is 173 Å². The van der Waals surface area contributed by atoms with Crippen molar-refractivity contribution in [2.24, 2.45) is 5.10 Å². The Kier molecular flexibility index (Phi) is 6.29. The number of hydrogen-bond acceptors (Lipinski definition) is 6. The van der Waals surface area contributed by atoms with Crippen molar-refractivity contribution in [3.63, 3.8) is 0 Å². The third kappa shape index (κ3) is 5.65. The van der Waals surface area contributed by atoms with Crippen LogP contribution in [0.4, 0.5) is 5.82 Å². The molecule has 0 saturated carbocycles. The van der Waals surface area contributed by atoms with E-state index in [1.54, 1.807) is 18.3 Å². The number of nitrogens with zero attached hydrogens (tertiary/aromatic N) is 3. The van der Waals surface area contributed by atoms with Gasteiger partial charge in [-0.25, -0.2) is 9.89 Å². The van der Waals surface area contributed by atoms with Gasteiger partial charge in [-0.15, -0.1) is 0 Å². The van der Waals surface area contributed by atoms with Gasteiger partial charge in [0.15, 0.2) is 5.82 Å². The minimum absolute atomic E-state index is 0.309. The molecule has 0 aliphatic heterocycles. The second-order valence-corrected chi connectivity index (χ2v) is 7.83. The molecule has 0 aliphatic carbocycles. The van der Waals surface area contributed by atoms with Gasteiger partial charge >= 0.3 is 5.69 Å². The molecule has 0 aliphatic rings. The highest BCUT2D eigenvalue weighted by molar-refractivity contribution is 6.32. The highest BCUT2D eigenvalue weighted by Gasteiger charge is 2.21. The number of hydrazone groups is 1. The summed E-state index contributed by atoms with van der Waals surface area (Å²) in [6.45, 7) is 6.35. The summed E-state index contributed by atoms with van der Waals surface area (Å²) in [6.07, 6.45) is 1.59. The van der Waals surface area contributed by atoms with E-state index in [1.807, 2.05) is 57.2 Å². The standard InChI is InChI=1S/C21H22ClN5O2/c1-21(2,3)18-19(24-20(28)27-25-18)26-23-12-15-9-10-17(16(22)11-15)29-13-14-7-5-4-6-8-14/h4-12H,13H2,1-3H3,(H2,24,26,27,28)/b23-12+. The Morgan fingerprint density at radius 2 is 1.97 bits per heavy atom. The number of benzene rings is 2. The van der Waals surface area contributed by atoms with E-state index in [2.05, 4.69) is 25.7 Å². The van der Waals surface area contributed by atoms with E-state index in [0.717, 1.165) is 11.1 Å². The number of ether oxygens (including phenoxy) is 1. The first-order valence-corrected chi connectivity index (χ1v) is 9.43. The highest BCUT2D eigenvalue weighted by Crippen LogP contribution is 2.26. The van der Waals surface area contributed by atoms with Gasteiger partial charge in [0.25, 0.3) is 0 Å². The average molecular weight is 412 g/mol. The Balaban J connectivity index is 1.68. The Morgan fingerprint density at radius 3 is 2.66 bits per heavy atom. The zero-order valence-electron chi connectivity index (χ0n) is 16.4. The highest BCUT2D eigenvalue weighted by atomic mass is 35.5. The predicted octanol–water partition coefficient (Wildman–Crippen LogP) is 4.14. The molecule has 1 aromatic heterocycles. The molecule has 1 heterocycles. The van der Waals surface area contributed by atoms with Gasteiger partial charge in [0.2, 0.25) is 0 Å². The molecule has 2 N–H and O–H groups in total. The van der Waals surface area contributed by atoms with Crippen LogP contribution in [-0.4, -0.2) is 21.4 Å². The van der Waals surface area contributed by atoms with Crippen LogP contribution in [0.1, 0.15) is 37.6 Å². The monoisotopic (exact) mass is 411 g/mol. The number of aromatic nitrogens is 3. The summed E-state index contributed by atoms with van der Waals surface area (Å²) in [7, 11) is 0. The number of H-pyrrole nitrogens is 1. The van der Waals surface area contributed by atoms with Crippen molar-refractivity contribution in [1.82, 2.24) is 15.2 Å². The third-order valence-corrected chi connectivity index (χ3v) is 4.28. The molecule has 0 bridgehead atoms. The van der Waals surface area contributed by atoms with Gasteiger partial charge in [0, 0.05) is 5.41 Å². The number of hydrogen-bond donors (Lipinski definition) is 2. The van der Waals surface area contributed by atoms with Gasteiger partial charge in [0.05, 0.1) is 11.2 Å². The molecule has 2 aromatic carbocycles. The number of anilines is 1. The van der Waals surface area contributed by atoms with Crippen LogP contribution in [0.25, 0.3) is 0 Å². The Bertz CT molecular complexity index is 1060. The summed E-state index contributed by atoms with van der Waals surface area (Å²) >= 11 is 6.32. The lowest BCUT2D eigenvalue weighted by Crippen LogP contribution is -2.24. The zero-order valence-corrected chi connectivity index (χ0v) is 17.2. The third-order valence-electron chi connectivity index (χ3n) is 3.99. The van der Waals surface area contributed by atoms with E-state index in [-0.39, 0.29) is 5.41 Å². The van der Waals surface area contributed by atoms with Crippen molar-refractivity contribution in [2.75, 3.05) is 5.43 Å². The van der Waals surface area contributed by atoms with Crippen molar-refractivity contribution >= 4 is 23.6 Å². The molecule has 0 saturated heterocycles. The van der Waals surface area contributed by atoms with E-state index in [1.165, 1.54) is 0 Å². The van der Waals surface area contributed by atoms with Gasteiger partial charge in [-0.1, -0.05) is 62.7 Å². The molecular formula is C21H22ClN5O2. The SMILES string of the molecule is CC(C)(C)c1n[nH]c(=O)nc1N/N=C/c1ccc(OCc2ccccc2)c(Cl)c1. The number of rotatable bonds is 6. The van der Waals surface area contributed by atoms with Crippen molar-refractivity contribution in [1.29, 1.82) is 0 Å². The van der Waals surface area contributed by atoms with Crippen LogP contribution in [0.5, 0.6) is 5.75 Å². The fraction of sp³-hybridized carbons (Fsp3) is 0.238. The number of nitrogens with one attached hydrogen (secondary N) is 2. The van der Waals surface area contributed by atoms with Crippen molar-refractivity contribution in [2.45, 2.75) is 32.8 Å². The average Bonchev–Trinajstić information content (AvgIpc) is 2.67. The molecule has 3 aromatic rings. The lowest BCUT2D eigenvalue weighted by atomic mass is 9.92. The molecule has 0 amide bonds. The van der Waals surface area contributed by atoms with Crippen molar-refractivity contribution in [3.05, 3.63) is 80.9 Å². The van der Waals surface area contributed by atoms with Crippen LogP contribution >= 0.6 is 11.6 Å². The van der Waals surface area contributed by atoms with Crippen LogP contribution in [-0.2, 0) is 12.0 Å². The predicted molar refractivity (Wildman–Crippen MR) is 115 cm³/mol. The molecule has 150 valence electrons. The zero-order chi connectivity index (χ0) is 20.9. The largest absolute Gasteiger partial charge is 0.487 e. The molecule has 29 heavy (non-hydrogen) atoms. The smallest absolute Gasteiger partial charge is 0.363 e. The van der Waals surface area contributed by atoms with E-state index in [4.69, 9.17) is 16.3 Å². The molecule has 0 radical (unpaired) electrons. The maximum Gasteiger partial charge on any atom is 0.363 e. The van der Waals surface area contributed by atoms with Gasteiger partial charge in [0.1, 0.15) is 18.1 Å². The molecular weight excluding hydrogens is 390 g/mol. The molecule has 0 unspecified atom stereocenters. The van der Waals surface area contributed by atoms with Crippen LogP contribution < -0.4 is 15.9 Å². The first kappa shape index (κ1) is 20.5. The summed E-state index contributed by atoms with van der Waals surface area (Å²) < 4.78 is 5.77. The van der Waals surface area contributed by atoms with Crippen molar-refractivity contribution < 1.29 is 4.74 Å². The minimum Gasteiger partial charge on any atom is -0.487 e. The number of aromatic amines is 1. The quantitative estimate of drug-likeness (QED) is 0.469. The Hall–Kier alpha value is -3.19. The van der Waals surface area contributed by atoms with Crippen LogP contribution in [0, 0.1) is 0 Å². The maximum absolute atomic E-state index is 11.5. The van der Waals surface area contributed by atoms with Crippen LogP contribution in [0.15, 0.2) is 58.4 Å². The van der Waals surface area contributed by atoms with Gasteiger partial charge < -0.3 is 4.74 Å². The van der Waals surface area contributed by atoms with E-state index < -0.39 is 5.69 Å². The second kappa shape index (κ2) is 8.87. The maximum atomic E-state index is 11.5. The molecule has 7 nitrogen and oxygen atoms in total. The Morgan fingerprint density at radius 1 is 1.21 bits per heavy atom. The molecule has 0 fully saturated rings. The summed E-state index contributed by atoms with van der Waals surface area (Å²) in [4.78, 5) is 15.4. The van der Waals surface area contributed by atoms with E-state index in [9.17, 15) is 4.79 Å². The topological polar surface area (TPSA) is 92.3 Å². The lowest BCUT2D eigenvalue weighted by Gasteiger charge is -2.18. The fourth-order valence-corrected chi connectivity index (χ4v) is 2.80. The summed E-state index contributed by atoms with van der Waals surface area (Å²) in [6, 6.07) is 15.2. The summed E-state index contributed by atoms with van der Waals surface area (Å²) in [5.74, 6) is 0.905. The summed E-state index contributed by atoms with van der Waals surface area (Å²) in [5, 5.41) is 11.1.